The third-order valence-corrected chi connectivity index (χ3v) is 3.99. The summed E-state index contributed by atoms with van der Waals surface area (Å²) in [6, 6.07) is 5.36. The van der Waals surface area contributed by atoms with Gasteiger partial charge in [-0.05, 0) is 28.1 Å². The molecule has 0 aliphatic heterocycles. The van der Waals surface area contributed by atoms with Gasteiger partial charge in [-0.25, -0.2) is 0 Å². The highest BCUT2D eigenvalue weighted by molar-refractivity contribution is 9.11. The summed E-state index contributed by atoms with van der Waals surface area (Å²) in [5.41, 5.74) is -0.0208. The minimum atomic E-state index is -0.641. The number of nitrogens with zero attached hydrogens (tertiary/aromatic N) is 2. The van der Waals surface area contributed by atoms with Gasteiger partial charge in [-0.15, -0.1) is 0 Å². The van der Waals surface area contributed by atoms with Crippen LogP contribution >= 0.6 is 43.5 Å². The lowest BCUT2D eigenvalue weighted by Gasteiger charge is -2.04. The minimum Gasteiger partial charge on any atom is -0.506 e. The van der Waals surface area contributed by atoms with Gasteiger partial charge in [0.15, 0.2) is 5.75 Å². The van der Waals surface area contributed by atoms with Gasteiger partial charge in [0, 0.05) is 28.4 Å². The van der Waals surface area contributed by atoms with Gasteiger partial charge in [-0.1, -0.05) is 27.5 Å². The third kappa shape index (κ3) is 3.57. The smallest absolute Gasteiger partial charge is 0.273 e. The Morgan fingerprint density at radius 1 is 1.18 bits per heavy atom. The van der Waals surface area contributed by atoms with Crippen molar-refractivity contribution in [2.75, 3.05) is 0 Å². The summed E-state index contributed by atoms with van der Waals surface area (Å²) in [6.07, 6.45) is 1.26. The van der Waals surface area contributed by atoms with Crippen LogP contribution in [0.4, 0.5) is 11.4 Å². The molecule has 6 nitrogen and oxygen atoms in total. The van der Waals surface area contributed by atoms with Crippen LogP contribution in [-0.2, 0) is 0 Å². The maximum Gasteiger partial charge on any atom is 0.273 e. The highest BCUT2D eigenvalue weighted by Gasteiger charge is 2.14. The number of benzene rings is 2. The van der Waals surface area contributed by atoms with E-state index in [0.29, 0.717) is 14.5 Å². The van der Waals surface area contributed by atoms with Gasteiger partial charge in [0.2, 0.25) is 0 Å². The van der Waals surface area contributed by atoms with Crippen molar-refractivity contribution in [3.63, 3.8) is 0 Å². The first-order valence-corrected chi connectivity index (χ1v) is 7.65. The van der Waals surface area contributed by atoms with E-state index in [-0.39, 0.29) is 27.9 Å². The zero-order chi connectivity index (χ0) is 16.4. The Hall–Kier alpha value is -1.64. The van der Waals surface area contributed by atoms with Crippen LogP contribution in [0.25, 0.3) is 0 Å². The molecule has 0 fully saturated rings. The molecule has 0 unspecified atom stereocenters. The lowest BCUT2D eigenvalue weighted by Crippen LogP contribution is -1.88. The van der Waals surface area contributed by atoms with Crippen LogP contribution in [0.2, 0.25) is 5.02 Å². The molecule has 9 heteroatoms. The Labute approximate surface area is 146 Å². The Morgan fingerprint density at radius 3 is 2.50 bits per heavy atom. The average molecular weight is 450 g/mol. The average Bonchev–Trinajstić information content (AvgIpc) is 2.44. The van der Waals surface area contributed by atoms with Crippen LogP contribution in [0.5, 0.6) is 11.5 Å². The summed E-state index contributed by atoms with van der Waals surface area (Å²) in [4.78, 5) is 14.1. The second kappa shape index (κ2) is 6.64. The second-order valence-electron chi connectivity index (χ2n) is 4.14. The van der Waals surface area contributed by atoms with Gasteiger partial charge >= 0.3 is 0 Å². The number of hydrogen-bond donors (Lipinski definition) is 2. The van der Waals surface area contributed by atoms with E-state index in [1.807, 2.05) is 0 Å². The Morgan fingerprint density at radius 2 is 1.86 bits per heavy atom. The van der Waals surface area contributed by atoms with Gasteiger partial charge in [-0.2, -0.15) is 0 Å². The van der Waals surface area contributed by atoms with Crippen LogP contribution < -0.4 is 0 Å². The number of rotatable bonds is 3. The molecule has 2 rings (SSSR count). The second-order valence-corrected chi connectivity index (χ2v) is 6.31. The van der Waals surface area contributed by atoms with Crippen molar-refractivity contribution in [3.05, 3.63) is 53.9 Å². The van der Waals surface area contributed by atoms with Crippen LogP contribution in [-0.4, -0.2) is 21.4 Å². The monoisotopic (exact) mass is 448 g/mol. The van der Waals surface area contributed by atoms with Crippen molar-refractivity contribution in [1.29, 1.82) is 0 Å². The van der Waals surface area contributed by atoms with E-state index in [9.17, 15) is 20.3 Å². The van der Waals surface area contributed by atoms with Crippen molar-refractivity contribution in [2.24, 2.45) is 4.99 Å². The third-order valence-electron chi connectivity index (χ3n) is 2.64. The molecule has 22 heavy (non-hydrogen) atoms. The van der Waals surface area contributed by atoms with Crippen molar-refractivity contribution in [1.82, 2.24) is 0 Å². The maximum atomic E-state index is 10.8. The summed E-state index contributed by atoms with van der Waals surface area (Å²) in [7, 11) is 0. The van der Waals surface area contributed by atoms with Crippen LogP contribution in [0.15, 0.2) is 38.2 Å². The Balaban J connectivity index is 2.49. The van der Waals surface area contributed by atoms with E-state index in [1.165, 1.54) is 6.21 Å². The molecule has 0 saturated carbocycles. The van der Waals surface area contributed by atoms with Gasteiger partial charge in [0.1, 0.15) is 11.4 Å². The van der Waals surface area contributed by atoms with E-state index in [0.717, 1.165) is 12.1 Å². The number of nitro benzene ring substituents is 1. The first kappa shape index (κ1) is 16.7. The minimum absolute atomic E-state index is 0.0528. The molecule has 114 valence electrons. The molecule has 2 aromatic rings. The fourth-order valence-electron chi connectivity index (χ4n) is 1.60. The van der Waals surface area contributed by atoms with Crippen LogP contribution in [0.1, 0.15) is 5.56 Å². The molecule has 0 amide bonds. The molecule has 0 saturated heterocycles. The number of non-ortho nitro benzene ring substituents is 1. The summed E-state index contributed by atoms with van der Waals surface area (Å²) in [6.45, 7) is 0. The maximum absolute atomic E-state index is 10.8. The number of phenolic OH excluding ortho intramolecular Hbond substituents is 2. The molecular weight excluding hydrogens is 443 g/mol. The number of halogens is 3. The van der Waals surface area contributed by atoms with Crippen LogP contribution in [0, 0.1) is 10.1 Å². The van der Waals surface area contributed by atoms with E-state index < -0.39 is 4.92 Å². The number of aliphatic imine (C=N–C) groups is 1. The Kier molecular flexibility index (Phi) is 5.05. The zero-order valence-electron chi connectivity index (χ0n) is 10.6. The molecule has 0 aliphatic rings. The van der Waals surface area contributed by atoms with Gasteiger partial charge in [-0.3, -0.25) is 15.1 Å². The normalized spacial score (nSPS) is 11.0. The largest absolute Gasteiger partial charge is 0.506 e. The topological polar surface area (TPSA) is 96.0 Å². The van der Waals surface area contributed by atoms with Crippen molar-refractivity contribution >= 4 is 61.1 Å². The van der Waals surface area contributed by atoms with E-state index >= 15 is 0 Å². The highest BCUT2D eigenvalue weighted by atomic mass is 79.9. The van der Waals surface area contributed by atoms with E-state index in [4.69, 9.17) is 11.6 Å². The molecule has 2 N–H and O–H groups in total. The number of aromatic hydroxyl groups is 2. The van der Waals surface area contributed by atoms with Crippen molar-refractivity contribution in [3.8, 4) is 11.5 Å². The fraction of sp³-hybridized carbons (Fsp3) is 0. The van der Waals surface area contributed by atoms with E-state index in [2.05, 4.69) is 36.9 Å². The molecule has 0 atom stereocenters. The van der Waals surface area contributed by atoms with Crippen molar-refractivity contribution < 1.29 is 15.1 Å². The molecule has 0 spiro atoms. The predicted molar refractivity (Wildman–Crippen MR) is 90.5 cm³/mol. The zero-order valence-corrected chi connectivity index (χ0v) is 14.6. The van der Waals surface area contributed by atoms with Gasteiger partial charge in [0.25, 0.3) is 5.69 Å². The molecular formula is C13H7Br2ClN2O4. The lowest BCUT2D eigenvalue weighted by atomic mass is 10.2. The molecule has 0 radical (unpaired) electrons. The first-order chi connectivity index (χ1) is 10.3. The standard InChI is InChI=1S/C13H7Br2ClN2O4/c14-7-1-6(12(19)9(15)2-7)5-17-11-4-8(18(21)22)3-10(16)13(11)20/h1-5,19-20H. The summed E-state index contributed by atoms with van der Waals surface area (Å²) in [5, 5.41) is 30.3. The summed E-state index contributed by atoms with van der Waals surface area (Å²) < 4.78 is 1.14. The molecule has 0 bridgehead atoms. The van der Waals surface area contributed by atoms with Crippen molar-refractivity contribution in [2.45, 2.75) is 0 Å². The number of hydrogen-bond acceptors (Lipinski definition) is 5. The summed E-state index contributed by atoms with van der Waals surface area (Å²) >= 11 is 12.2. The Bertz CT molecular complexity index is 796. The summed E-state index contributed by atoms with van der Waals surface area (Å²) in [5.74, 6) is -0.431. The number of phenols is 2. The SMILES string of the molecule is O=[N+]([O-])c1cc(Cl)c(O)c(N=Cc2cc(Br)cc(Br)c2O)c1. The predicted octanol–water partition coefficient (Wildman–Crippen LogP) is 4.94. The fourth-order valence-corrected chi connectivity index (χ4v) is 3.06. The number of nitro groups is 1. The molecule has 0 aromatic heterocycles. The van der Waals surface area contributed by atoms with Crippen LogP contribution in [0.3, 0.4) is 0 Å². The molecule has 2 aromatic carbocycles. The molecule has 0 aliphatic carbocycles. The quantitative estimate of drug-likeness (QED) is 0.394. The van der Waals surface area contributed by atoms with Gasteiger partial charge < -0.3 is 10.2 Å². The van der Waals surface area contributed by atoms with E-state index in [1.54, 1.807) is 12.1 Å². The van der Waals surface area contributed by atoms with Gasteiger partial charge in [0.05, 0.1) is 14.4 Å². The first-order valence-electron chi connectivity index (χ1n) is 5.68. The lowest BCUT2D eigenvalue weighted by molar-refractivity contribution is -0.384. The highest BCUT2D eigenvalue weighted by Crippen LogP contribution is 2.38. The molecule has 0 heterocycles.